The summed E-state index contributed by atoms with van der Waals surface area (Å²) in [4.78, 5) is 14.6. The van der Waals surface area contributed by atoms with Gasteiger partial charge in [-0.15, -0.1) is 11.3 Å². The molecule has 1 aliphatic heterocycles. The third-order valence-electron chi connectivity index (χ3n) is 3.13. The van der Waals surface area contributed by atoms with Gasteiger partial charge in [0.1, 0.15) is 5.00 Å². The second-order valence-electron chi connectivity index (χ2n) is 4.39. The van der Waals surface area contributed by atoms with Crippen molar-refractivity contribution in [3.63, 3.8) is 0 Å². The van der Waals surface area contributed by atoms with Crippen molar-refractivity contribution in [2.24, 2.45) is 0 Å². The number of para-hydroxylation sites is 1. The van der Waals surface area contributed by atoms with Crippen molar-refractivity contribution in [2.45, 2.75) is 6.42 Å². The van der Waals surface area contributed by atoms with Gasteiger partial charge in [0.25, 0.3) is 0 Å². The lowest BCUT2D eigenvalue weighted by Gasteiger charge is -2.19. The molecule has 0 radical (unpaired) electrons. The highest BCUT2D eigenvalue weighted by Gasteiger charge is 2.30. The molecule has 2 aromatic rings. The summed E-state index contributed by atoms with van der Waals surface area (Å²) in [5, 5.41) is 8.98. The van der Waals surface area contributed by atoms with Crippen LogP contribution in [0.1, 0.15) is 16.1 Å². The van der Waals surface area contributed by atoms with Crippen molar-refractivity contribution in [2.75, 3.05) is 15.6 Å². The van der Waals surface area contributed by atoms with Crippen LogP contribution in [0.5, 0.6) is 0 Å². The van der Waals surface area contributed by atoms with E-state index in [2.05, 4.69) is 9.71 Å². The molecule has 9 heteroatoms. The fraction of sp³-hybridized carbons (Fsp3) is 0.167. The number of rotatable bonds is 4. The number of hydrogen-bond acceptors (Lipinski definition) is 5. The van der Waals surface area contributed by atoms with Crippen LogP contribution in [0.2, 0.25) is 0 Å². The van der Waals surface area contributed by atoms with E-state index in [0.717, 1.165) is 16.9 Å². The van der Waals surface area contributed by atoms with Gasteiger partial charge in [0, 0.05) is 6.54 Å². The van der Waals surface area contributed by atoms with Crippen LogP contribution in [0.15, 0.2) is 29.8 Å². The second-order valence-corrected chi connectivity index (χ2v) is 6.84. The summed E-state index contributed by atoms with van der Waals surface area (Å²) >= 11 is 0.936. The first-order chi connectivity index (χ1) is 9.99. The highest BCUT2D eigenvalue weighted by Crippen LogP contribution is 2.31. The first-order valence-electron chi connectivity index (χ1n) is 6.04. The summed E-state index contributed by atoms with van der Waals surface area (Å²) in [6.45, 7) is 0.329. The minimum atomic E-state index is -3.86. The average molecular weight is 325 g/mol. The van der Waals surface area contributed by atoms with Gasteiger partial charge in [0.2, 0.25) is 0 Å². The number of benzene rings is 1. The number of hydrogen-bond donors (Lipinski definition) is 2. The number of aromatic nitrogens is 1. The maximum absolute atomic E-state index is 12.4. The van der Waals surface area contributed by atoms with Crippen LogP contribution in [0.4, 0.5) is 10.7 Å². The lowest BCUT2D eigenvalue weighted by Crippen LogP contribution is -2.34. The molecule has 0 spiro atoms. The van der Waals surface area contributed by atoms with Gasteiger partial charge in [-0.25, -0.2) is 9.78 Å². The van der Waals surface area contributed by atoms with Crippen LogP contribution in [-0.4, -0.2) is 31.0 Å². The van der Waals surface area contributed by atoms with Crippen LogP contribution in [-0.2, 0) is 16.6 Å². The molecular formula is C12H11N3O4S2. The molecule has 3 rings (SSSR count). The Bertz CT molecular complexity index is 800. The summed E-state index contributed by atoms with van der Waals surface area (Å²) in [5.74, 6) is -1.27. The zero-order valence-corrected chi connectivity index (χ0v) is 12.3. The SMILES string of the molecule is O=C(O)c1ncsc1NS(=O)(=O)N1CCc2ccccc21. The molecule has 110 valence electrons. The van der Waals surface area contributed by atoms with Crippen molar-refractivity contribution in [1.82, 2.24) is 4.98 Å². The second kappa shape index (κ2) is 5.01. The Morgan fingerprint density at radius 3 is 2.90 bits per heavy atom. The quantitative estimate of drug-likeness (QED) is 0.888. The molecule has 0 saturated carbocycles. The molecule has 21 heavy (non-hydrogen) atoms. The van der Waals surface area contributed by atoms with Gasteiger partial charge in [-0.2, -0.15) is 8.42 Å². The first kappa shape index (κ1) is 13.8. The smallest absolute Gasteiger partial charge is 0.357 e. The molecule has 2 heterocycles. The number of carboxylic acids is 1. The van der Waals surface area contributed by atoms with Crippen molar-refractivity contribution < 1.29 is 18.3 Å². The Morgan fingerprint density at radius 2 is 2.14 bits per heavy atom. The number of aromatic carboxylic acids is 1. The molecule has 0 bridgehead atoms. The molecule has 1 aliphatic rings. The van der Waals surface area contributed by atoms with E-state index in [0.29, 0.717) is 18.7 Å². The maximum Gasteiger partial charge on any atom is 0.357 e. The Kier molecular flexibility index (Phi) is 3.30. The minimum absolute atomic E-state index is 0.00637. The highest BCUT2D eigenvalue weighted by atomic mass is 32.2. The molecule has 0 aliphatic carbocycles. The molecular weight excluding hydrogens is 314 g/mol. The van der Waals surface area contributed by atoms with Gasteiger partial charge in [0.15, 0.2) is 5.69 Å². The van der Waals surface area contributed by atoms with E-state index in [4.69, 9.17) is 5.11 Å². The normalized spacial score (nSPS) is 14.0. The van der Waals surface area contributed by atoms with Crippen LogP contribution in [0, 0.1) is 0 Å². The Hall–Kier alpha value is -2.13. The van der Waals surface area contributed by atoms with E-state index in [1.54, 1.807) is 12.1 Å². The van der Waals surface area contributed by atoms with Crippen molar-refractivity contribution >= 4 is 38.2 Å². The zero-order chi connectivity index (χ0) is 15.0. The predicted octanol–water partition coefficient (Wildman–Crippen LogP) is 1.56. The lowest BCUT2D eigenvalue weighted by molar-refractivity contribution is 0.0692. The van der Waals surface area contributed by atoms with Crippen molar-refractivity contribution in [3.8, 4) is 0 Å². The van der Waals surface area contributed by atoms with Crippen LogP contribution >= 0.6 is 11.3 Å². The zero-order valence-electron chi connectivity index (χ0n) is 10.7. The van der Waals surface area contributed by atoms with E-state index >= 15 is 0 Å². The number of thiazole rings is 1. The van der Waals surface area contributed by atoms with Crippen LogP contribution < -0.4 is 9.03 Å². The summed E-state index contributed by atoms with van der Waals surface area (Å²) in [5.41, 5.74) is 2.56. The van der Waals surface area contributed by atoms with Crippen LogP contribution in [0.3, 0.4) is 0 Å². The molecule has 1 aromatic heterocycles. The van der Waals surface area contributed by atoms with Gasteiger partial charge in [-0.3, -0.25) is 9.03 Å². The standard InChI is InChI=1S/C12H11N3O4S2/c16-12(17)10-11(20-7-13-10)14-21(18,19)15-6-5-8-3-1-2-4-9(8)15/h1-4,7,14H,5-6H2,(H,16,17). The molecule has 7 nitrogen and oxygen atoms in total. The number of nitrogens with zero attached hydrogens (tertiary/aromatic N) is 2. The molecule has 1 aromatic carbocycles. The maximum atomic E-state index is 12.4. The summed E-state index contributed by atoms with van der Waals surface area (Å²) < 4.78 is 28.4. The van der Waals surface area contributed by atoms with E-state index in [-0.39, 0.29) is 10.7 Å². The topological polar surface area (TPSA) is 99.6 Å². The average Bonchev–Trinajstić information content (AvgIpc) is 3.04. The summed E-state index contributed by atoms with van der Waals surface area (Å²) in [6, 6.07) is 7.22. The number of anilines is 2. The van der Waals surface area contributed by atoms with E-state index < -0.39 is 16.2 Å². The van der Waals surface area contributed by atoms with Crippen molar-refractivity contribution in [1.29, 1.82) is 0 Å². The fourth-order valence-corrected chi connectivity index (χ4v) is 4.43. The predicted molar refractivity (Wildman–Crippen MR) is 79.1 cm³/mol. The van der Waals surface area contributed by atoms with E-state index in [9.17, 15) is 13.2 Å². The molecule has 0 amide bonds. The first-order valence-corrected chi connectivity index (χ1v) is 8.36. The molecule has 0 fully saturated rings. The number of carbonyl (C=O) groups is 1. The Morgan fingerprint density at radius 1 is 1.38 bits per heavy atom. The van der Waals surface area contributed by atoms with Gasteiger partial charge in [-0.1, -0.05) is 18.2 Å². The van der Waals surface area contributed by atoms with E-state index in [1.165, 1.54) is 9.82 Å². The van der Waals surface area contributed by atoms with Crippen LogP contribution in [0.25, 0.3) is 0 Å². The summed E-state index contributed by atoms with van der Waals surface area (Å²) in [6.07, 6.45) is 0.631. The highest BCUT2D eigenvalue weighted by molar-refractivity contribution is 7.94. The number of nitrogens with one attached hydrogen (secondary N) is 1. The minimum Gasteiger partial charge on any atom is -0.476 e. The van der Waals surface area contributed by atoms with Gasteiger partial charge in [0.05, 0.1) is 11.2 Å². The third kappa shape index (κ3) is 2.45. The largest absolute Gasteiger partial charge is 0.476 e. The van der Waals surface area contributed by atoms with Crippen molar-refractivity contribution in [3.05, 3.63) is 41.0 Å². The van der Waals surface area contributed by atoms with Gasteiger partial charge >= 0.3 is 16.2 Å². The fourth-order valence-electron chi connectivity index (χ4n) is 2.20. The Labute approximate surface area is 125 Å². The third-order valence-corrected chi connectivity index (χ3v) is 5.42. The molecule has 0 atom stereocenters. The lowest BCUT2D eigenvalue weighted by atomic mass is 10.2. The molecule has 0 unspecified atom stereocenters. The van der Waals surface area contributed by atoms with E-state index in [1.807, 2.05) is 12.1 Å². The number of fused-ring (bicyclic) bond motifs is 1. The molecule has 2 N–H and O–H groups in total. The molecule has 0 saturated heterocycles. The van der Waals surface area contributed by atoms with Gasteiger partial charge in [-0.05, 0) is 18.1 Å². The summed E-state index contributed by atoms with van der Waals surface area (Å²) in [7, 11) is -3.86. The number of carboxylic acid groups (broad SMARTS) is 1. The van der Waals surface area contributed by atoms with Gasteiger partial charge < -0.3 is 5.11 Å². The Balaban J connectivity index is 1.92. The monoisotopic (exact) mass is 325 g/mol.